The highest BCUT2D eigenvalue weighted by Crippen LogP contribution is 2.32. The summed E-state index contributed by atoms with van der Waals surface area (Å²) in [6.45, 7) is 6.64. The quantitative estimate of drug-likeness (QED) is 0.385. The van der Waals surface area contributed by atoms with Crippen molar-refractivity contribution in [3.05, 3.63) is 66.7 Å². The molecule has 2 aromatic carbocycles. The fourth-order valence-corrected chi connectivity index (χ4v) is 4.00. The van der Waals surface area contributed by atoms with Crippen LogP contribution in [0.2, 0.25) is 0 Å². The van der Waals surface area contributed by atoms with Crippen molar-refractivity contribution < 1.29 is 9.53 Å². The molecule has 1 aliphatic rings. The maximum Gasteiger partial charge on any atom is 0.185 e. The first kappa shape index (κ1) is 19.4. The maximum absolute atomic E-state index is 11.6. The summed E-state index contributed by atoms with van der Waals surface area (Å²) in [7, 11) is 0. The average Bonchev–Trinajstić information content (AvgIpc) is 2.73. The van der Waals surface area contributed by atoms with Crippen LogP contribution in [0.25, 0.3) is 11.1 Å². The lowest BCUT2D eigenvalue weighted by atomic mass is 9.80. The van der Waals surface area contributed by atoms with Crippen LogP contribution >= 0.6 is 0 Å². The lowest BCUT2D eigenvalue weighted by molar-refractivity contribution is 0.104. The Bertz CT molecular complexity index is 735. The Morgan fingerprint density at radius 1 is 0.963 bits per heavy atom. The molecule has 3 rings (SSSR count). The van der Waals surface area contributed by atoms with Gasteiger partial charge >= 0.3 is 0 Å². The Morgan fingerprint density at radius 3 is 2.07 bits per heavy atom. The molecule has 2 heteroatoms. The van der Waals surface area contributed by atoms with Gasteiger partial charge in [-0.05, 0) is 54.0 Å². The molecule has 0 heterocycles. The first-order valence-corrected chi connectivity index (χ1v) is 10.2. The van der Waals surface area contributed by atoms with Crippen LogP contribution in [0, 0.1) is 11.8 Å². The van der Waals surface area contributed by atoms with Gasteiger partial charge in [-0.25, -0.2) is 0 Å². The van der Waals surface area contributed by atoms with Crippen LogP contribution < -0.4 is 4.74 Å². The largest absolute Gasteiger partial charge is 0.493 e. The normalized spacial score (nSPS) is 19.4. The molecule has 0 N–H and O–H groups in total. The molecule has 0 radical (unpaired) electrons. The Balaban J connectivity index is 1.52. The van der Waals surface area contributed by atoms with E-state index in [1.165, 1.54) is 44.6 Å². The number of ketones is 1. The van der Waals surface area contributed by atoms with E-state index in [-0.39, 0.29) is 5.78 Å². The van der Waals surface area contributed by atoms with Crippen molar-refractivity contribution in [1.29, 1.82) is 0 Å². The number of allylic oxidation sites excluding steroid dienone is 1. The van der Waals surface area contributed by atoms with Gasteiger partial charge in [-0.15, -0.1) is 0 Å². The molecule has 0 aliphatic heterocycles. The average molecular weight is 363 g/mol. The fraction of sp³-hybridized carbons (Fsp3) is 0.400. The highest BCUT2D eigenvalue weighted by atomic mass is 16.5. The third kappa shape index (κ3) is 5.32. The summed E-state index contributed by atoms with van der Waals surface area (Å²) in [5.41, 5.74) is 2.89. The van der Waals surface area contributed by atoms with E-state index in [0.29, 0.717) is 11.5 Å². The molecule has 0 spiro atoms. The Hall–Kier alpha value is -2.35. The monoisotopic (exact) mass is 362 g/mol. The smallest absolute Gasteiger partial charge is 0.185 e. The van der Waals surface area contributed by atoms with E-state index in [1.54, 1.807) is 0 Å². The lowest BCUT2D eigenvalue weighted by Crippen LogP contribution is -2.20. The van der Waals surface area contributed by atoms with E-state index >= 15 is 0 Å². The number of carbonyl (C=O) groups is 1. The Labute approximate surface area is 163 Å². The molecular weight excluding hydrogens is 332 g/mol. The second-order valence-electron chi connectivity index (χ2n) is 7.66. The van der Waals surface area contributed by atoms with Crippen molar-refractivity contribution >= 4 is 5.78 Å². The first-order valence-electron chi connectivity index (χ1n) is 10.2. The highest BCUT2D eigenvalue weighted by molar-refractivity contribution is 6.04. The van der Waals surface area contributed by atoms with Gasteiger partial charge in [-0.3, -0.25) is 4.79 Å². The zero-order valence-corrected chi connectivity index (χ0v) is 16.3. The molecule has 0 saturated heterocycles. The number of hydrogen-bond acceptors (Lipinski definition) is 2. The number of benzene rings is 2. The molecule has 2 aromatic rings. The molecule has 0 atom stereocenters. The van der Waals surface area contributed by atoms with Gasteiger partial charge in [-0.2, -0.15) is 0 Å². The van der Waals surface area contributed by atoms with E-state index in [0.717, 1.165) is 29.4 Å². The zero-order chi connectivity index (χ0) is 19.1. The predicted octanol–water partition coefficient (Wildman–Crippen LogP) is 6.71. The van der Waals surface area contributed by atoms with Crippen LogP contribution in [0.3, 0.4) is 0 Å². The van der Waals surface area contributed by atoms with Gasteiger partial charge in [-0.1, -0.05) is 75.6 Å². The van der Waals surface area contributed by atoms with Crippen molar-refractivity contribution in [2.24, 2.45) is 11.8 Å². The molecule has 1 fully saturated rings. The fourth-order valence-electron chi connectivity index (χ4n) is 4.00. The van der Waals surface area contributed by atoms with Crippen LogP contribution in [-0.4, -0.2) is 12.4 Å². The minimum absolute atomic E-state index is 0.0472. The molecule has 2 nitrogen and oxygen atoms in total. The molecule has 1 aliphatic carbocycles. The second-order valence-corrected chi connectivity index (χ2v) is 7.66. The maximum atomic E-state index is 11.6. The van der Waals surface area contributed by atoms with Gasteiger partial charge in [0.15, 0.2) is 5.78 Å². The molecule has 1 saturated carbocycles. The number of carbonyl (C=O) groups excluding carboxylic acids is 1. The number of rotatable bonds is 8. The van der Waals surface area contributed by atoms with E-state index in [9.17, 15) is 4.79 Å². The van der Waals surface area contributed by atoms with Gasteiger partial charge in [0.2, 0.25) is 0 Å². The summed E-state index contributed by atoms with van der Waals surface area (Å²) in [6, 6.07) is 15.9. The number of ether oxygens (including phenoxy) is 1. The summed E-state index contributed by atoms with van der Waals surface area (Å²) in [6.07, 6.45) is 9.38. The van der Waals surface area contributed by atoms with Crippen LogP contribution in [0.5, 0.6) is 5.75 Å². The van der Waals surface area contributed by atoms with Crippen LogP contribution in [0.4, 0.5) is 0 Å². The summed E-state index contributed by atoms with van der Waals surface area (Å²) in [5, 5.41) is 0. The van der Waals surface area contributed by atoms with Crippen LogP contribution in [0.1, 0.15) is 55.8 Å². The summed E-state index contributed by atoms with van der Waals surface area (Å²) in [5.74, 6) is 2.54. The van der Waals surface area contributed by atoms with Gasteiger partial charge in [0.05, 0.1) is 6.61 Å². The summed E-state index contributed by atoms with van der Waals surface area (Å²) >= 11 is 0. The molecule has 0 bridgehead atoms. The molecule has 0 unspecified atom stereocenters. The molecular formula is C25H30O2. The third-order valence-electron chi connectivity index (χ3n) is 5.69. The topological polar surface area (TPSA) is 26.3 Å². The van der Waals surface area contributed by atoms with Crippen molar-refractivity contribution in [1.82, 2.24) is 0 Å². The summed E-state index contributed by atoms with van der Waals surface area (Å²) in [4.78, 5) is 11.6. The molecule has 0 aromatic heterocycles. The molecule has 0 amide bonds. The van der Waals surface area contributed by atoms with Crippen molar-refractivity contribution in [3.63, 3.8) is 0 Å². The van der Waals surface area contributed by atoms with Gasteiger partial charge in [0, 0.05) is 5.56 Å². The van der Waals surface area contributed by atoms with Crippen molar-refractivity contribution in [3.8, 4) is 16.9 Å². The molecule has 142 valence electrons. The second kappa shape index (κ2) is 9.55. The van der Waals surface area contributed by atoms with E-state index < -0.39 is 0 Å². The minimum Gasteiger partial charge on any atom is -0.493 e. The van der Waals surface area contributed by atoms with Gasteiger partial charge < -0.3 is 4.74 Å². The Kier molecular flexibility index (Phi) is 6.86. The van der Waals surface area contributed by atoms with Crippen molar-refractivity contribution in [2.45, 2.75) is 45.4 Å². The van der Waals surface area contributed by atoms with E-state index in [4.69, 9.17) is 4.74 Å². The Morgan fingerprint density at radius 2 is 1.52 bits per heavy atom. The third-order valence-corrected chi connectivity index (χ3v) is 5.69. The standard InChI is InChI=1S/C25H30O2/c1-3-5-19-6-8-20(9-7-19)18-27-24-16-14-22(15-17-24)21-10-12-23(13-11-21)25(26)4-2/h4,10-17,19-20H,2-3,5-9,18H2,1H3. The lowest BCUT2D eigenvalue weighted by Gasteiger charge is -2.28. The minimum atomic E-state index is -0.0472. The zero-order valence-electron chi connectivity index (χ0n) is 16.3. The molecule has 27 heavy (non-hydrogen) atoms. The number of hydrogen-bond donors (Lipinski definition) is 0. The van der Waals surface area contributed by atoms with Gasteiger partial charge in [0.25, 0.3) is 0 Å². The van der Waals surface area contributed by atoms with Crippen LogP contribution in [-0.2, 0) is 0 Å². The first-order chi connectivity index (χ1) is 13.2. The van der Waals surface area contributed by atoms with Crippen molar-refractivity contribution in [2.75, 3.05) is 6.61 Å². The summed E-state index contributed by atoms with van der Waals surface area (Å²) < 4.78 is 6.04. The van der Waals surface area contributed by atoms with E-state index in [1.807, 2.05) is 36.4 Å². The predicted molar refractivity (Wildman–Crippen MR) is 112 cm³/mol. The van der Waals surface area contributed by atoms with Gasteiger partial charge in [0.1, 0.15) is 5.75 Å². The SMILES string of the molecule is C=CC(=O)c1ccc(-c2ccc(OCC3CCC(CCC)CC3)cc2)cc1. The van der Waals surface area contributed by atoms with E-state index in [2.05, 4.69) is 25.6 Å². The van der Waals surface area contributed by atoms with Crippen LogP contribution in [0.15, 0.2) is 61.2 Å². The highest BCUT2D eigenvalue weighted by Gasteiger charge is 2.20.